The van der Waals surface area contributed by atoms with Gasteiger partial charge in [-0.1, -0.05) is 12.1 Å². The Hall–Kier alpha value is -1.46. The third kappa shape index (κ3) is 4.29. The van der Waals surface area contributed by atoms with Crippen LogP contribution in [-0.2, 0) is 11.3 Å². The molecular formula is C14H20N2O3. The highest BCUT2D eigenvalue weighted by Gasteiger charge is 2.16. The van der Waals surface area contributed by atoms with Gasteiger partial charge in [0.25, 0.3) is 5.69 Å². The molecule has 1 fully saturated rings. The smallest absolute Gasteiger partial charge is 0.269 e. The van der Waals surface area contributed by atoms with Crippen LogP contribution in [-0.4, -0.2) is 36.1 Å². The van der Waals surface area contributed by atoms with Gasteiger partial charge in [-0.15, -0.1) is 0 Å². The van der Waals surface area contributed by atoms with Crippen LogP contribution in [0.4, 0.5) is 5.69 Å². The molecule has 0 saturated carbocycles. The Balaban J connectivity index is 1.83. The molecule has 104 valence electrons. The first kappa shape index (κ1) is 14.0. The molecule has 1 atom stereocenters. The van der Waals surface area contributed by atoms with Crippen molar-refractivity contribution in [3.63, 3.8) is 0 Å². The van der Waals surface area contributed by atoms with Crippen molar-refractivity contribution in [3.8, 4) is 0 Å². The lowest BCUT2D eigenvalue weighted by atomic mass is 10.1. The average molecular weight is 264 g/mol. The monoisotopic (exact) mass is 264 g/mol. The van der Waals surface area contributed by atoms with Gasteiger partial charge in [-0.05, 0) is 31.9 Å². The third-order valence-corrected chi connectivity index (χ3v) is 3.39. The fraction of sp³-hybridized carbons (Fsp3) is 0.571. The molecule has 0 aromatic heterocycles. The molecule has 5 nitrogen and oxygen atoms in total. The molecule has 1 heterocycles. The van der Waals surface area contributed by atoms with Crippen molar-refractivity contribution in [2.45, 2.75) is 31.9 Å². The summed E-state index contributed by atoms with van der Waals surface area (Å²) in [5.41, 5.74) is 1.23. The van der Waals surface area contributed by atoms with Gasteiger partial charge in [0.05, 0.1) is 11.0 Å². The highest BCUT2D eigenvalue weighted by Crippen LogP contribution is 2.16. The highest BCUT2D eigenvalue weighted by molar-refractivity contribution is 5.32. The van der Waals surface area contributed by atoms with Crippen LogP contribution in [0.5, 0.6) is 0 Å². The van der Waals surface area contributed by atoms with Gasteiger partial charge >= 0.3 is 0 Å². The summed E-state index contributed by atoms with van der Waals surface area (Å²) in [5.74, 6) is 0. The van der Waals surface area contributed by atoms with Crippen molar-refractivity contribution >= 4 is 5.69 Å². The lowest BCUT2D eigenvalue weighted by Crippen LogP contribution is -2.33. The number of ether oxygens (including phenoxy) is 1. The normalized spacial score (nSPS) is 19.6. The number of hydrogen-bond donors (Lipinski definition) is 0. The zero-order valence-electron chi connectivity index (χ0n) is 11.2. The average Bonchev–Trinajstić information content (AvgIpc) is 2.40. The molecule has 1 unspecified atom stereocenters. The van der Waals surface area contributed by atoms with E-state index in [1.54, 1.807) is 12.1 Å². The minimum atomic E-state index is -0.372. The van der Waals surface area contributed by atoms with E-state index in [1.165, 1.54) is 12.8 Å². The summed E-state index contributed by atoms with van der Waals surface area (Å²) >= 11 is 0. The van der Waals surface area contributed by atoms with Crippen LogP contribution in [0.25, 0.3) is 0 Å². The van der Waals surface area contributed by atoms with E-state index in [-0.39, 0.29) is 10.6 Å². The van der Waals surface area contributed by atoms with E-state index >= 15 is 0 Å². The quantitative estimate of drug-likeness (QED) is 0.606. The van der Waals surface area contributed by atoms with Crippen LogP contribution < -0.4 is 0 Å². The van der Waals surface area contributed by atoms with Crippen LogP contribution in [0, 0.1) is 10.1 Å². The first-order valence-corrected chi connectivity index (χ1v) is 6.68. The third-order valence-electron chi connectivity index (χ3n) is 3.39. The predicted octanol–water partition coefficient (Wildman–Crippen LogP) is 2.60. The van der Waals surface area contributed by atoms with Crippen molar-refractivity contribution in [1.29, 1.82) is 0 Å². The molecule has 0 spiro atoms. The second kappa shape index (κ2) is 6.63. The van der Waals surface area contributed by atoms with Gasteiger partial charge in [0.2, 0.25) is 0 Å². The van der Waals surface area contributed by atoms with E-state index in [1.807, 2.05) is 12.1 Å². The number of benzene rings is 1. The highest BCUT2D eigenvalue weighted by atomic mass is 16.6. The first-order chi connectivity index (χ1) is 9.15. The van der Waals surface area contributed by atoms with E-state index in [4.69, 9.17) is 4.74 Å². The fourth-order valence-corrected chi connectivity index (χ4v) is 2.40. The SMILES string of the molecule is CN(Cc1ccc([N+](=O)[O-])cc1)CC1CCCCO1. The molecule has 1 aliphatic heterocycles. The summed E-state index contributed by atoms with van der Waals surface area (Å²) in [5, 5.41) is 10.6. The van der Waals surface area contributed by atoms with E-state index in [9.17, 15) is 10.1 Å². The van der Waals surface area contributed by atoms with Crippen LogP contribution in [0.1, 0.15) is 24.8 Å². The summed E-state index contributed by atoms with van der Waals surface area (Å²) in [6.07, 6.45) is 3.88. The molecule has 2 rings (SSSR count). The van der Waals surface area contributed by atoms with Crippen molar-refractivity contribution in [2.75, 3.05) is 20.2 Å². The Bertz CT molecular complexity index is 413. The Morgan fingerprint density at radius 1 is 1.37 bits per heavy atom. The zero-order valence-corrected chi connectivity index (χ0v) is 11.2. The van der Waals surface area contributed by atoms with E-state index < -0.39 is 0 Å². The second-order valence-electron chi connectivity index (χ2n) is 5.11. The van der Waals surface area contributed by atoms with Gasteiger partial charge in [0.1, 0.15) is 0 Å². The molecule has 1 aromatic rings. The maximum absolute atomic E-state index is 10.6. The van der Waals surface area contributed by atoms with Crippen molar-refractivity contribution in [2.24, 2.45) is 0 Å². The number of nitrogens with zero attached hydrogens (tertiary/aromatic N) is 2. The van der Waals surface area contributed by atoms with E-state index in [0.29, 0.717) is 6.10 Å². The Morgan fingerprint density at radius 2 is 2.11 bits per heavy atom. The number of nitro groups is 1. The number of rotatable bonds is 5. The molecule has 1 aliphatic rings. The number of likely N-dealkylation sites (N-methyl/N-ethyl adjacent to an activating group) is 1. The minimum Gasteiger partial charge on any atom is -0.377 e. The van der Waals surface area contributed by atoms with Crippen molar-refractivity contribution in [3.05, 3.63) is 39.9 Å². The summed E-state index contributed by atoms with van der Waals surface area (Å²) in [7, 11) is 2.05. The number of nitro benzene ring substituents is 1. The first-order valence-electron chi connectivity index (χ1n) is 6.68. The lowest BCUT2D eigenvalue weighted by Gasteiger charge is -2.27. The fourth-order valence-electron chi connectivity index (χ4n) is 2.40. The van der Waals surface area contributed by atoms with Gasteiger partial charge in [0.15, 0.2) is 0 Å². The van der Waals surface area contributed by atoms with Crippen molar-refractivity contribution < 1.29 is 9.66 Å². The van der Waals surface area contributed by atoms with Crippen molar-refractivity contribution in [1.82, 2.24) is 4.90 Å². The predicted molar refractivity (Wildman–Crippen MR) is 73.0 cm³/mol. The number of hydrogen-bond acceptors (Lipinski definition) is 4. The van der Waals surface area contributed by atoms with Gasteiger partial charge in [0, 0.05) is 31.8 Å². The van der Waals surface area contributed by atoms with Crippen LogP contribution in [0.2, 0.25) is 0 Å². The number of non-ortho nitro benzene ring substituents is 1. The molecule has 1 saturated heterocycles. The van der Waals surface area contributed by atoms with Gasteiger partial charge < -0.3 is 4.74 Å². The maximum atomic E-state index is 10.6. The van der Waals surface area contributed by atoms with E-state index in [0.717, 1.165) is 31.7 Å². The standard InChI is InChI=1S/C14H20N2O3/c1-15(11-14-4-2-3-9-19-14)10-12-5-7-13(8-6-12)16(17)18/h5-8,14H,2-4,9-11H2,1H3. The molecular weight excluding hydrogens is 244 g/mol. The molecule has 0 N–H and O–H groups in total. The molecule has 1 aromatic carbocycles. The molecule has 0 bridgehead atoms. The van der Waals surface area contributed by atoms with Gasteiger partial charge in [-0.25, -0.2) is 0 Å². The Labute approximate surface area is 113 Å². The van der Waals surface area contributed by atoms with E-state index in [2.05, 4.69) is 11.9 Å². The summed E-state index contributed by atoms with van der Waals surface area (Å²) < 4.78 is 5.71. The molecule has 0 aliphatic carbocycles. The Morgan fingerprint density at radius 3 is 2.68 bits per heavy atom. The second-order valence-corrected chi connectivity index (χ2v) is 5.11. The summed E-state index contributed by atoms with van der Waals surface area (Å²) in [6.45, 7) is 2.57. The lowest BCUT2D eigenvalue weighted by molar-refractivity contribution is -0.384. The van der Waals surface area contributed by atoms with Gasteiger partial charge in [-0.3, -0.25) is 15.0 Å². The van der Waals surface area contributed by atoms with Crippen LogP contribution in [0.15, 0.2) is 24.3 Å². The topological polar surface area (TPSA) is 55.6 Å². The van der Waals surface area contributed by atoms with Crippen LogP contribution >= 0.6 is 0 Å². The van der Waals surface area contributed by atoms with Gasteiger partial charge in [-0.2, -0.15) is 0 Å². The molecule has 0 amide bonds. The minimum absolute atomic E-state index is 0.141. The molecule has 5 heteroatoms. The molecule has 0 radical (unpaired) electrons. The largest absolute Gasteiger partial charge is 0.377 e. The summed E-state index contributed by atoms with van der Waals surface area (Å²) in [4.78, 5) is 12.4. The zero-order chi connectivity index (χ0) is 13.7. The Kier molecular flexibility index (Phi) is 4.87. The molecule has 19 heavy (non-hydrogen) atoms. The van der Waals surface area contributed by atoms with Crippen LogP contribution in [0.3, 0.4) is 0 Å². The summed E-state index contributed by atoms with van der Waals surface area (Å²) in [6, 6.07) is 6.74. The maximum Gasteiger partial charge on any atom is 0.269 e.